The fourth-order valence-electron chi connectivity index (χ4n) is 3.68. The summed E-state index contributed by atoms with van der Waals surface area (Å²) in [5, 5.41) is 3.25. The molecule has 1 saturated heterocycles. The fourth-order valence-corrected chi connectivity index (χ4v) is 3.68. The zero-order valence-corrected chi connectivity index (χ0v) is 18.5. The summed E-state index contributed by atoms with van der Waals surface area (Å²) in [5.41, 5.74) is 2.32. The molecule has 1 aromatic carbocycles. The van der Waals surface area contributed by atoms with Crippen LogP contribution in [0.2, 0.25) is 0 Å². The minimum atomic E-state index is -0.0218. The number of piperazine rings is 1. The van der Waals surface area contributed by atoms with Gasteiger partial charge in [0.05, 0.1) is 0 Å². The van der Waals surface area contributed by atoms with Crippen LogP contribution in [0.4, 0.5) is 17.5 Å². The van der Waals surface area contributed by atoms with Crippen LogP contribution in [0.25, 0.3) is 0 Å². The smallest absolute Gasteiger partial charge is 0.253 e. The lowest BCUT2D eigenvalue weighted by atomic mass is 10.1. The van der Waals surface area contributed by atoms with E-state index in [0.717, 1.165) is 17.2 Å². The third-order valence-electron chi connectivity index (χ3n) is 5.43. The minimum absolute atomic E-state index is 0.00945. The number of benzene rings is 1. The van der Waals surface area contributed by atoms with E-state index in [0.29, 0.717) is 48.9 Å². The standard InChI is InChI=1S/C24H26N6O2/c1-16-8-9-25-21(14-16)28-22-15-23(27-18(3)26-22)29-10-12-30(13-11-29)24(32)20-6-4-19(5-7-20)17(2)31/h4-9,14-15H,10-13H2,1-3H3,(H,25,26,27,28). The first-order chi connectivity index (χ1) is 15.4. The maximum Gasteiger partial charge on any atom is 0.253 e. The van der Waals surface area contributed by atoms with Crippen molar-refractivity contribution in [1.82, 2.24) is 19.9 Å². The monoisotopic (exact) mass is 430 g/mol. The van der Waals surface area contributed by atoms with E-state index in [1.165, 1.54) is 6.92 Å². The maximum atomic E-state index is 12.8. The van der Waals surface area contributed by atoms with Crippen molar-refractivity contribution in [1.29, 1.82) is 0 Å². The van der Waals surface area contributed by atoms with Gasteiger partial charge < -0.3 is 15.1 Å². The lowest BCUT2D eigenvalue weighted by Crippen LogP contribution is -2.49. The summed E-state index contributed by atoms with van der Waals surface area (Å²) in [5.74, 6) is 2.89. The van der Waals surface area contributed by atoms with E-state index in [9.17, 15) is 9.59 Å². The molecular formula is C24H26N6O2. The predicted molar refractivity (Wildman–Crippen MR) is 124 cm³/mol. The van der Waals surface area contributed by atoms with Crippen molar-refractivity contribution in [3.63, 3.8) is 0 Å². The quantitative estimate of drug-likeness (QED) is 0.620. The molecule has 3 heterocycles. The molecule has 2 aromatic heterocycles. The van der Waals surface area contributed by atoms with Crippen molar-refractivity contribution < 1.29 is 9.59 Å². The van der Waals surface area contributed by atoms with Gasteiger partial charge in [0.2, 0.25) is 0 Å². The van der Waals surface area contributed by atoms with Crippen molar-refractivity contribution in [3.8, 4) is 0 Å². The first-order valence-electron chi connectivity index (χ1n) is 10.6. The molecule has 1 amide bonds. The number of rotatable bonds is 5. The Hall–Kier alpha value is -3.81. The van der Waals surface area contributed by atoms with Gasteiger partial charge in [0.25, 0.3) is 5.91 Å². The summed E-state index contributed by atoms with van der Waals surface area (Å²) in [7, 11) is 0. The number of carbonyl (C=O) groups is 2. The summed E-state index contributed by atoms with van der Waals surface area (Å²) in [6.45, 7) is 7.94. The molecule has 0 unspecified atom stereocenters. The van der Waals surface area contributed by atoms with Gasteiger partial charge in [-0.1, -0.05) is 12.1 Å². The molecule has 8 nitrogen and oxygen atoms in total. The first-order valence-corrected chi connectivity index (χ1v) is 10.6. The Kier molecular flexibility index (Phi) is 6.11. The van der Waals surface area contributed by atoms with Crippen LogP contribution in [0, 0.1) is 13.8 Å². The Morgan fingerprint density at radius 2 is 1.56 bits per heavy atom. The summed E-state index contributed by atoms with van der Waals surface area (Å²) >= 11 is 0. The summed E-state index contributed by atoms with van der Waals surface area (Å²) in [4.78, 5) is 41.7. The first kappa shape index (κ1) is 21.4. The minimum Gasteiger partial charge on any atom is -0.353 e. The van der Waals surface area contributed by atoms with Gasteiger partial charge in [-0.3, -0.25) is 9.59 Å². The molecule has 32 heavy (non-hydrogen) atoms. The highest BCUT2D eigenvalue weighted by molar-refractivity contribution is 5.97. The van der Waals surface area contributed by atoms with Crippen molar-refractivity contribution in [2.75, 3.05) is 36.4 Å². The molecule has 0 spiro atoms. The molecule has 1 aliphatic rings. The van der Waals surface area contributed by atoms with Crippen LogP contribution in [0.15, 0.2) is 48.7 Å². The third-order valence-corrected chi connectivity index (χ3v) is 5.43. The van der Waals surface area contributed by atoms with E-state index in [-0.39, 0.29) is 11.7 Å². The number of aromatic nitrogens is 3. The zero-order valence-electron chi connectivity index (χ0n) is 18.5. The van der Waals surface area contributed by atoms with Crippen LogP contribution < -0.4 is 10.2 Å². The molecule has 1 N–H and O–H groups in total. The van der Waals surface area contributed by atoms with E-state index in [1.807, 2.05) is 36.9 Å². The Labute approximate surface area is 187 Å². The van der Waals surface area contributed by atoms with E-state index < -0.39 is 0 Å². The van der Waals surface area contributed by atoms with E-state index >= 15 is 0 Å². The van der Waals surface area contributed by atoms with Crippen LogP contribution in [0.3, 0.4) is 0 Å². The van der Waals surface area contributed by atoms with Crippen LogP contribution in [-0.2, 0) is 0 Å². The van der Waals surface area contributed by atoms with Gasteiger partial charge in [0.1, 0.15) is 23.3 Å². The second kappa shape index (κ2) is 9.13. The number of amides is 1. The number of hydrogen-bond acceptors (Lipinski definition) is 7. The number of anilines is 3. The van der Waals surface area contributed by atoms with Crippen LogP contribution in [0.1, 0.15) is 39.0 Å². The second-order valence-corrected chi connectivity index (χ2v) is 7.91. The Balaban J connectivity index is 1.42. The number of nitrogens with zero attached hydrogens (tertiary/aromatic N) is 5. The molecule has 0 radical (unpaired) electrons. The van der Waals surface area contributed by atoms with Crippen molar-refractivity contribution in [2.45, 2.75) is 20.8 Å². The Morgan fingerprint density at radius 1 is 0.875 bits per heavy atom. The summed E-state index contributed by atoms with van der Waals surface area (Å²) < 4.78 is 0. The molecular weight excluding hydrogens is 404 g/mol. The van der Waals surface area contributed by atoms with Crippen LogP contribution in [0.5, 0.6) is 0 Å². The predicted octanol–water partition coefficient (Wildman–Crippen LogP) is 3.40. The van der Waals surface area contributed by atoms with Crippen molar-refractivity contribution in [3.05, 3.63) is 71.2 Å². The number of pyridine rings is 1. The SMILES string of the molecule is CC(=O)c1ccc(C(=O)N2CCN(c3cc(Nc4cc(C)ccn4)nc(C)n3)CC2)cc1. The maximum absolute atomic E-state index is 12.8. The number of hydrogen-bond donors (Lipinski definition) is 1. The van der Waals surface area contributed by atoms with Crippen LogP contribution in [-0.4, -0.2) is 57.7 Å². The fraction of sp³-hybridized carbons (Fsp3) is 0.292. The van der Waals surface area contributed by atoms with Gasteiger partial charge in [-0.2, -0.15) is 0 Å². The second-order valence-electron chi connectivity index (χ2n) is 7.91. The lowest BCUT2D eigenvalue weighted by Gasteiger charge is -2.35. The van der Waals surface area contributed by atoms with Gasteiger partial charge in [0, 0.05) is 49.6 Å². The number of ketones is 1. The zero-order chi connectivity index (χ0) is 22.7. The molecule has 0 atom stereocenters. The lowest BCUT2D eigenvalue weighted by molar-refractivity contribution is 0.0746. The molecule has 4 rings (SSSR count). The topological polar surface area (TPSA) is 91.3 Å². The van der Waals surface area contributed by atoms with Crippen molar-refractivity contribution in [2.24, 2.45) is 0 Å². The number of Topliss-reactive ketones (excluding diaryl/α,β-unsaturated/α-hetero) is 1. The summed E-state index contributed by atoms with van der Waals surface area (Å²) in [6.07, 6.45) is 1.76. The molecule has 1 aliphatic heterocycles. The third kappa shape index (κ3) is 4.91. The Bertz CT molecular complexity index is 1140. The number of carbonyl (C=O) groups excluding carboxylic acids is 2. The highest BCUT2D eigenvalue weighted by Gasteiger charge is 2.23. The average Bonchev–Trinajstić information content (AvgIpc) is 2.78. The normalized spacial score (nSPS) is 13.7. The largest absolute Gasteiger partial charge is 0.353 e. The highest BCUT2D eigenvalue weighted by atomic mass is 16.2. The molecule has 164 valence electrons. The molecule has 3 aromatic rings. The van der Waals surface area contributed by atoms with E-state index in [1.54, 1.807) is 30.5 Å². The van der Waals surface area contributed by atoms with Gasteiger partial charge >= 0.3 is 0 Å². The molecule has 0 bridgehead atoms. The molecule has 1 fully saturated rings. The molecule has 0 aliphatic carbocycles. The molecule has 0 saturated carbocycles. The van der Waals surface area contributed by atoms with Gasteiger partial charge in [-0.15, -0.1) is 0 Å². The molecule has 8 heteroatoms. The average molecular weight is 431 g/mol. The number of aryl methyl sites for hydroxylation is 2. The summed E-state index contributed by atoms with van der Waals surface area (Å²) in [6, 6.07) is 12.7. The van der Waals surface area contributed by atoms with Crippen molar-refractivity contribution >= 4 is 29.1 Å². The highest BCUT2D eigenvalue weighted by Crippen LogP contribution is 2.21. The Morgan fingerprint density at radius 3 is 2.22 bits per heavy atom. The van der Waals surface area contributed by atoms with Gasteiger partial charge in [0.15, 0.2) is 5.78 Å². The van der Waals surface area contributed by atoms with Crippen LogP contribution >= 0.6 is 0 Å². The van der Waals surface area contributed by atoms with E-state index in [4.69, 9.17) is 0 Å². The van der Waals surface area contributed by atoms with E-state index in [2.05, 4.69) is 25.2 Å². The van der Waals surface area contributed by atoms with Gasteiger partial charge in [-0.05, 0) is 50.6 Å². The van der Waals surface area contributed by atoms with Gasteiger partial charge in [-0.25, -0.2) is 15.0 Å². The number of nitrogens with one attached hydrogen (secondary N) is 1.